The van der Waals surface area contributed by atoms with Crippen LogP contribution in [0, 0.1) is 6.92 Å². The zero-order chi connectivity index (χ0) is 18.1. The lowest BCUT2D eigenvalue weighted by Gasteiger charge is -2.31. The Bertz CT molecular complexity index is 995. The highest BCUT2D eigenvalue weighted by atomic mass is 16.2. The maximum absolute atomic E-state index is 12.0. The van der Waals surface area contributed by atoms with Gasteiger partial charge in [0.1, 0.15) is 5.82 Å². The number of aromatic amines is 1. The normalized spacial score (nSPS) is 16.3. The summed E-state index contributed by atoms with van der Waals surface area (Å²) in [5.74, 6) is 1.40. The Morgan fingerprint density at radius 1 is 1.15 bits per heavy atom. The maximum atomic E-state index is 12.0. The van der Waals surface area contributed by atoms with Gasteiger partial charge in [0.25, 0.3) is 5.56 Å². The number of nitrogens with one attached hydrogen (secondary N) is 1. The third kappa shape index (κ3) is 3.20. The van der Waals surface area contributed by atoms with Crippen molar-refractivity contribution in [3.05, 3.63) is 62.8 Å². The van der Waals surface area contributed by atoms with Gasteiger partial charge in [-0.25, -0.2) is 4.79 Å². The first kappa shape index (κ1) is 16.7. The van der Waals surface area contributed by atoms with Gasteiger partial charge in [-0.15, -0.1) is 10.2 Å². The first-order valence-corrected chi connectivity index (χ1v) is 8.94. The van der Waals surface area contributed by atoms with Crippen LogP contribution in [0.25, 0.3) is 5.65 Å². The smallest absolute Gasteiger partial charge is 0.311 e. The van der Waals surface area contributed by atoms with E-state index in [9.17, 15) is 9.59 Å². The number of piperidine rings is 1. The Kier molecular flexibility index (Phi) is 4.42. The van der Waals surface area contributed by atoms with E-state index in [1.54, 1.807) is 6.92 Å². The summed E-state index contributed by atoms with van der Waals surface area (Å²) in [4.78, 5) is 28.9. The molecule has 0 aliphatic carbocycles. The van der Waals surface area contributed by atoms with Gasteiger partial charge in [0.05, 0.1) is 0 Å². The molecule has 0 unspecified atom stereocenters. The minimum absolute atomic E-state index is 0.240. The average molecular weight is 354 g/mol. The predicted molar refractivity (Wildman–Crippen MR) is 97.5 cm³/mol. The zero-order valence-corrected chi connectivity index (χ0v) is 14.8. The molecule has 1 aliphatic heterocycles. The number of aryl methyl sites for hydroxylation is 1. The van der Waals surface area contributed by atoms with E-state index in [1.165, 1.54) is 10.6 Å². The fraction of sp³-hybridized carbons (Fsp3) is 0.444. The Hall–Kier alpha value is -2.74. The molecule has 26 heavy (non-hydrogen) atoms. The predicted octanol–water partition coefficient (Wildman–Crippen LogP) is 0.767. The molecule has 4 heterocycles. The van der Waals surface area contributed by atoms with Gasteiger partial charge in [-0.2, -0.15) is 0 Å². The Balaban J connectivity index is 1.39. The van der Waals surface area contributed by atoms with Crippen LogP contribution < -0.4 is 11.2 Å². The van der Waals surface area contributed by atoms with Crippen LogP contribution in [-0.2, 0) is 6.54 Å². The number of hydrogen-bond acceptors (Lipinski definition) is 5. The molecule has 136 valence electrons. The highest BCUT2D eigenvalue weighted by molar-refractivity contribution is 5.37. The minimum atomic E-state index is -0.334. The van der Waals surface area contributed by atoms with Crippen molar-refractivity contribution in [3.63, 3.8) is 0 Å². The molecule has 0 radical (unpaired) electrons. The van der Waals surface area contributed by atoms with Crippen molar-refractivity contribution in [1.82, 2.24) is 29.0 Å². The van der Waals surface area contributed by atoms with E-state index in [0.717, 1.165) is 37.4 Å². The SMILES string of the molecule is Cc1cc(=O)n(CCN2CCC(c3nnc4ccccn34)CC2)c(=O)[nH]1. The monoisotopic (exact) mass is 354 g/mol. The molecule has 1 fully saturated rings. The van der Waals surface area contributed by atoms with Crippen LogP contribution in [-0.4, -0.2) is 48.7 Å². The van der Waals surface area contributed by atoms with Gasteiger partial charge in [-0.1, -0.05) is 6.07 Å². The van der Waals surface area contributed by atoms with Gasteiger partial charge in [-0.05, 0) is 45.0 Å². The summed E-state index contributed by atoms with van der Waals surface area (Å²) in [5.41, 5.74) is 0.899. The standard InChI is InChI=1S/C18H22N6O2/c1-13-12-16(25)24(18(26)19-13)11-10-22-8-5-14(6-9-22)17-21-20-15-4-2-3-7-23(15)17/h2-4,7,12,14H,5-6,8-11H2,1H3,(H,19,26). The lowest BCUT2D eigenvalue weighted by molar-refractivity contribution is 0.200. The molecule has 1 N–H and O–H groups in total. The second kappa shape index (κ2) is 6.87. The van der Waals surface area contributed by atoms with Crippen LogP contribution >= 0.6 is 0 Å². The number of nitrogens with zero attached hydrogens (tertiary/aromatic N) is 5. The third-order valence-corrected chi connectivity index (χ3v) is 5.09. The van der Waals surface area contributed by atoms with Crippen LogP contribution in [0.2, 0.25) is 0 Å². The van der Waals surface area contributed by atoms with Gasteiger partial charge in [0.2, 0.25) is 0 Å². The Morgan fingerprint density at radius 3 is 2.73 bits per heavy atom. The number of fused-ring (bicyclic) bond motifs is 1. The number of pyridine rings is 1. The van der Waals surface area contributed by atoms with Gasteiger partial charge in [0, 0.05) is 37.0 Å². The molecule has 4 rings (SSSR count). The second-order valence-electron chi connectivity index (χ2n) is 6.85. The van der Waals surface area contributed by atoms with Gasteiger partial charge < -0.3 is 9.88 Å². The highest BCUT2D eigenvalue weighted by Crippen LogP contribution is 2.26. The quantitative estimate of drug-likeness (QED) is 0.748. The van der Waals surface area contributed by atoms with E-state index in [-0.39, 0.29) is 11.2 Å². The third-order valence-electron chi connectivity index (χ3n) is 5.09. The fourth-order valence-electron chi connectivity index (χ4n) is 3.64. The van der Waals surface area contributed by atoms with E-state index in [0.29, 0.717) is 24.7 Å². The van der Waals surface area contributed by atoms with Crippen molar-refractivity contribution in [3.8, 4) is 0 Å². The zero-order valence-electron chi connectivity index (χ0n) is 14.8. The molecule has 0 saturated carbocycles. The summed E-state index contributed by atoms with van der Waals surface area (Å²) in [6.45, 7) is 4.66. The molecular weight excluding hydrogens is 332 g/mol. The number of aromatic nitrogens is 5. The number of rotatable bonds is 4. The van der Waals surface area contributed by atoms with Gasteiger partial charge in [-0.3, -0.25) is 13.8 Å². The summed E-state index contributed by atoms with van der Waals surface area (Å²) in [6, 6.07) is 7.38. The molecule has 0 spiro atoms. The molecule has 1 aliphatic rings. The van der Waals surface area contributed by atoms with Crippen molar-refractivity contribution >= 4 is 5.65 Å². The van der Waals surface area contributed by atoms with E-state index >= 15 is 0 Å². The number of hydrogen-bond donors (Lipinski definition) is 1. The number of likely N-dealkylation sites (tertiary alicyclic amines) is 1. The molecule has 0 aromatic carbocycles. The van der Waals surface area contributed by atoms with Crippen molar-refractivity contribution in [1.29, 1.82) is 0 Å². The van der Waals surface area contributed by atoms with E-state index < -0.39 is 0 Å². The highest BCUT2D eigenvalue weighted by Gasteiger charge is 2.24. The summed E-state index contributed by atoms with van der Waals surface area (Å²) < 4.78 is 3.33. The minimum Gasteiger partial charge on any atom is -0.311 e. The van der Waals surface area contributed by atoms with E-state index in [4.69, 9.17) is 0 Å². The second-order valence-corrected chi connectivity index (χ2v) is 6.85. The molecular formula is C18H22N6O2. The molecule has 3 aromatic rings. The first-order valence-electron chi connectivity index (χ1n) is 8.94. The average Bonchev–Trinajstić information content (AvgIpc) is 3.05. The molecule has 1 saturated heterocycles. The van der Waals surface area contributed by atoms with Crippen LogP contribution in [0.15, 0.2) is 40.1 Å². The Morgan fingerprint density at radius 2 is 1.96 bits per heavy atom. The molecule has 0 amide bonds. The molecule has 8 nitrogen and oxygen atoms in total. The van der Waals surface area contributed by atoms with Gasteiger partial charge >= 0.3 is 5.69 Å². The summed E-state index contributed by atoms with van der Waals surface area (Å²) in [5, 5.41) is 8.61. The summed E-state index contributed by atoms with van der Waals surface area (Å²) in [7, 11) is 0. The van der Waals surface area contributed by atoms with Crippen molar-refractivity contribution in [2.24, 2.45) is 0 Å². The van der Waals surface area contributed by atoms with Crippen molar-refractivity contribution in [2.75, 3.05) is 19.6 Å². The maximum Gasteiger partial charge on any atom is 0.328 e. The molecule has 0 atom stereocenters. The van der Waals surface area contributed by atoms with Crippen LogP contribution in [0.1, 0.15) is 30.3 Å². The molecule has 0 bridgehead atoms. The molecule has 3 aromatic heterocycles. The number of H-pyrrole nitrogens is 1. The van der Waals surface area contributed by atoms with Crippen molar-refractivity contribution in [2.45, 2.75) is 32.2 Å². The van der Waals surface area contributed by atoms with Crippen LogP contribution in [0.5, 0.6) is 0 Å². The topological polar surface area (TPSA) is 88.3 Å². The lowest BCUT2D eigenvalue weighted by atomic mass is 9.96. The van der Waals surface area contributed by atoms with Gasteiger partial charge in [0.15, 0.2) is 5.65 Å². The summed E-state index contributed by atoms with van der Waals surface area (Å²) in [6.07, 6.45) is 4.00. The van der Waals surface area contributed by atoms with E-state index in [1.807, 2.05) is 24.4 Å². The Labute approximate surface area is 150 Å². The van der Waals surface area contributed by atoms with Crippen molar-refractivity contribution < 1.29 is 0 Å². The first-order chi connectivity index (χ1) is 12.6. The summed E-state index contributed by atoms with van der Waals surface area (Å²) >= 11 is 0. The fourth-order valence-corrected chi connectivity index (χ4v) is 3.64. The van der Waals surface area contributed by atoms with E-state index in [2.05, 4.69) is 24.5 Å². The van der Waals surface area contributed by atoms with Crippen LogP contribution in [0.4, 0.5) is 0 Å². The largest absolute Gasteiger partial charge is 0.328 e. The lowest BCUT2D eigenvalue weighted by Crippen LogP contribution is -2.41. The molecule has 8 heteroatoms. The van der Waals surface area contributed by atoms with Crippen LogP contribution in [0.3, 0.4) is 0 Å².